The number of hydrogen-bond donors (Lipinski definition) is 1. The number of aliphatic hydroxyl groups is 1. The summed E-state index contributed by atoms with van der Waals surface area (Å²) in [5.74, 6) is -1.01. The van der Waals surface area contributed by atoms with Gasteiger partial charge >= 0.3 is 11.9 Å². The largest absolute Gasteiger partial charge is 0.507 e. The molecule has 3 heterocycles. The first-order chi connectivity index (χ1) is 20.2. The van der Waals surface area contributed by atoms with Gasteiger partial charge in [-0.15, -0.1) is 0 Å². The van der Waals surface area contributed by atoms with Crippen LogP contribution in [-0.2, 0) is 20.7 Å². The molecule has 10 nitrogen and oxygen atoms in total. The van der Waals surface area contributed by atoms with E-state index in [2.05, 4.69) is 4.98 Å². The van der Waals surface area contributed by atoms with Gasteiger partial charge in [-0.05, 0) is 68.7 Å². The summed E-state index contributed by atoms with van der Waals surface area (Å²) in [4.78, 5) is 45.6. The fourth-order valence-electron chi connectivity index (χ4n) is 5.13. The maximum atomic E-state index is 13.7. The van der Waals surface area contributed by atoms with Gasteiger partial charge in [-0.1, -0.05) is 24.3 Å². The molecule has 0 spiro atoms. The van der Waals surface area contributed by atoms with Gasteiger partial charge in [0.05, 0.1) is 37.6 Å². The Balaban J connectivity index is 1.69. The van der Waals surface area contributed by atoms with Crippen molar-refractivity contribution < 1.29 is 38.4 Å². The number of hydrogen-bond acceptors (Lipinski definition) is 10. The van der Waals surface area contributed by atoms with Crippen molar-refractivity contribution in [3.05, 3.63) is 69.2 Å². The van der Waals surface area contributed by atoms with Gasteiger partial charge in [0.25, 0.3) is 5.78 Å². The van der Waals surface area contributed by atoms with Crippen LogP contribution >= 0.6 is 11.3 Å². The average Bonchev–Trinajstić information content (AvgIpc) is 3.63. The Kier molecular flexibility index (Phi) is 8.22. The smallest absolute Gasteiger partial charge is 0.350 e. The lowest BCUT2D eigenvalue weighted by Gasteiger charge is -2.24. The summed E-state index contributed by atoms with van der Waals surface area (Å²) in [7, 11) is 1.26. The molecule has 2 aromatic carbocycles. The highest BCUT2D eigenvalue weighted by atomic mass is 32.1. The van der Waals surface area contributed by atoms with E-state index < -0.39 is 23.7 Å². The van der Waals surface area contributed by atoms with Crippen LogP contribution in [0.5, 0.6) is 17.2 Å². The zero-order chi connectivity index (χ0) is 30.1. The van der Waals surface area contributed by atoms with Gasteiger partial charge in [0.2, 0.25) is 0 Å². The summed E-state index contributed by atoms with van der Waals surface area (Å²) in [6, 6.07) is 9.26. The fourth-order valence-corrected chi connectivity index (χ4v) is 6.14. The van der Waals surface area contributed by atoms with Crippen LogP contribution in [0.4, 0.5) is 5.13 Å². The number of ether oxygens (including phenoxy) is 4. The second-order valence-corrected chi connectivity index (χ2v) is 11.0. The number of esters is 1. The molecule has 2 atom stereocenters. The van der Waals surface area contributed by atoms with Gasteiger partial charge in [0.15, 0.2) is 16.6 Å². The van der Waals surface area contributed by atoms with Gasteiger partial charge < -0.3 is 24.1 Å². The van der Waals surface area contributed by atoms with Crippen molar-refractivity contribution in [2.75, 3.05) is 25.2 Å². The van der Waals surface area contributed by atoms with Crippen molar-refractivity contribution in [1.29, 1.82) is 0 Å². The Morgan fingerprint density at radius 3 is 2.64 bits per heavy atom. The molecular formula is C31H32N2O8S. The van der Waals surface area contributed by atoms with E-state index in [-0.39, 0.29) is 27.4 Å². The molecule has 1 aromatic heterocycles. The van der Waals surface area contributed by atoms with Crippen molar-refractivity contribution in [3.8, 4) is 17.2 Å². The minimum atomic E-state index is -1.07. The minimum Gasteiger partial charge on any atom is -0.507 e. The van der Waals surface area contributed by atoms with E-state index in [1.165, 1.54) is 12.0 Å². The Morgan fingerprint density at radius 2 is 1.93 bits per heavy atom. The standard InChI is InChI=1S/C31H32N2O8S/c1-6-12-40-22-11-8-18(15-23(22)39-7-2)25-24(26(34)19-9-10-21-20(14-19)13-16(3)41-21)27(35)29(36)33(25)31-32-17(4)28(42-31)30(37)38-5/h8-11,14-16,25,34H,6-7,12-13H2,1-5H3/b26-24+/t16-,25+/m0/s1. The topological polar surface area (TPSA) is 124 Å². The highest BCUT2D eigenvalue weighted by Crippen LogP contribution is 2.46. The van der Waals surface area contributed by atoms with Crippen molar-refractivity contribution in [2.45, 2.75) is 52.7 Å². The highest BCUT2D eigenvalue weighted by Gasteiger charge is 2.48. The summed E-state index contributed by atoms with van der Waals surface area (Å²) in [5, 5.41) is 11.7. The molecule has 1 saturated heterocycles. The normalized spacial score (nSPS) is 19.0. The highest BCUT2D eigenvalue weighted by molar-refractivity contribution is 7.17. The molecule has 0 bridgehead atoms. The molecule has 1 N–H and O–H groups in total. The summed E-state index contributed by atoms with van der Waals surface area (Å²) in [6.07, 6.45) is 1.44. The fraction of sp³-hybridized carbons (Fsp3) is 0.355. The second kappa shape index (κ2) is 11.8. The third kappa shape index (κ3) is 5.20. The first kappa shape index (κ1) is 29.1. The molecule has 2 aliphatic rings. The molecule has 0 saturated carbocycles. The van der Waals surface area contributed by atoms with E-state index in [9.17, 15) is 19.5 Å². The molecule has 5 rings (SSSR count). The predicted molar refractivity (Wildman–Crippen MR) is 157 cm³/mol. The molecule has 2 aliphatic heterocycles. The van der Waals surface area contributed by atoms with Gasteiger partial charge in [0.1, 0.15) is 22.5 Å². The number of aromatic nitrogens is 1. The molecular weight excluding hydrogens is 560 g/mol. The number of thiazole rings is 1. The van der Waals surface area contributed by atoms with E-state index in [4.69, 9.17) is 18.9 Å². The molecule has 3 aromatic rings. The number of carbonyl (C=O) groups excluding carboxylic acids is 3. The number of anilines is 1. The van der Waals surface area contributed by atoms with Crippen molar-refractivity contribution >= 4 is 39.9 Å². The number of methoxy groups -OCH3 is 1. The summed E-state index contributed by atoms with van der Waals surface area (Å²) in [6.45, 7) is 8.25. The molecule has 1 amide bonds. The van der Waals surface area contributed by atoms with E-state index in [0.717, 1.165) is 23.3 Å². The Bertz CT molecular complexity index is 1590. The van der Waals surface area contributed by atoms with Crippen LogP contribution in [0, 0.1) is 6.92 Å². The molecule has 1 fully saturated rings. The SMILES string of the molecule is CCCOc1ccc([C@@H]2/C(=C(\O)c3ccc4c(c3)C[C@H](C)O4)C(=O)C(=O)N2c2nc(C)c(C(=O)OC)s2)cc1OCC. The van der Waals surface area contributed by atoms with Crippen molar-refractivity contribution in [3.63, 3.8) is 0 Å². The van der Waals surface area contributed by atoms with Crippen LogP contribution in [0.3, 0.4) is 0 Å². The lowest BCUT2D eigenvalue weighted by atomic mass is 9.94. The number of benzene rings is 2. The summed E-state index contributed by atoms with van der Waals surface area (Å²) >= 11 is 0.939. The third-order valence-electron chi connectivity index (χ3n) is 7.02. The van der Waals surface area contributed by atoms with Crippen LogP contribution in [0.2, 0.25) is 0 Å². The first-order valence-electron chi connectivity index (χ1n) is 13.7. The first-order valence-corrected chi connectivity index (χ1v) is 14.6. The molecule has 220 valence electrons. The van der Waals surface area contributed by atoms with Crippen LogP contribution in [-0.4, -0.2) is 54.2 Å². The maximum Gasteiger partial charge on any atom is 0.350 e. The van der Waals surface area contributed by atoms with Crippen molar-refractivity contribution in [2.24, 2.45) is 0 Å². The number of amides is 1. The molecule has 0 unspecified atom stereocenters. The Labute approximate surface area is 247 Å². The van der Waals surface area contributed by atoms with E-state index >= 15 is 0 Å². The number of aryl methyl sites for hydroxylation is 1. The number of fused-ring (bicyclic) bond motifs is 1. The van der Waals surface area contributed by atoms with Gasteiger partial charge in [-0.2, -0.15) is 0 Å². The number of Topliss-reactive ketones (excluding diaryl/α,β-unsaturated/α-hetero) is 1. The molecule has 42 heavy (non-hydrogen) atoms. The van der Waals surface area contributed by atoms with Crippen LogP contribution in [0.25, 0.3) is 5.76 Å². The van der Waals surface area contributed by atoms with Crippen LogP contribution in [0.15, 0.2) is 42.0 Å². The second-order valence-electron chi connectivity index (χ2n) is 10.0. The molecule has 0 radical (unpaired) electrons. The monoisotopic (exact) mass is 592 g/mol. The van der Waals surface area contributed by atoms with Crippen molar-refractivity contribution in [1.82, 2.24) is 4.98 Å². The quantitative estimate of drug-likeness (QED) is 0.151. The minimum absolute atomic E-state index is 0.00875. The average molecular weight is 593 g/mol. The summed E-state index contributed by atoms with van der Waals surface area (Å²) in [5.41, 5.74) is 2.02. The number of aliphatic hydroxyl groups excluding tert-OH is 1. The molecule has 11 heteroatoms. The Hall–Kier alpha value is -4.38. The number of nitrogens with zero attached hydrogens (tertiary/aromatic N) is 2. The lowest BCUT2D eigenvalue weighted by Crippen LogP contribution is -2.29. The van der Waals surface area contributed by atoms with E-state index in [1.807, 2.05) is 20.8 Å². The zero-order valence-corrected chi connectivity index (χ0v) is 24.9. The number of rotatable bonds is 9. The maximum absolute atomic E-state index is 13.7. The van der Waals surface area contributed by atoms with E-state index in [0.29, 0.717) is 53.7 Å². The van der Waals surface area contributed by atoms with Gasteiger partial charge in [-0.3, -0.25) is 14.5 Å². The lowest BCUT2D eigenvalue weighted by molar-refractivity contribution is -0.132. The van der Waals surface area contributed by atoms with E-state index in [1.54, 1.807) is 43.3 Å². The summed E-state index contributed by atoms with van der Waals surface area (Å²) < 4.78 is 22.4. The third-order valence-corrected chi connectivity index (χ3v) is 8.16. The van der Waals surface area contributed by atoms with Crippen LogP contribution in [0.1, 0.15) is 65.3 Å². The number of ketones is 1. The predicted octanol–water partition coefficient (Wildman–Crippen LogP) is 5.38. The van der Waals surface area contributed by atoms with Gasteiger partial charge in [0, 0.05) is 12.0 Å². The molecule has 0 aliphatic carbocycles. The Morgan fingerprint density at radius 1 is 1.14 bits per heavy atom. The van der Waals surface area contributed by atoms with Gasteiger partial charge in [-0.25, -0.2) is 9.78 Å². The van der Waals surface area contributed by atoms with Crippen LogP contribution < -0.4 is 19.1 Å². The zero-order valence-electron chi connectivity index (χ0n) is 24.1. The number of carbonyl (C=O) groups is 3.